The first kappa shape index (κ1) is 7.83. The molecule has 0 saturated heterocycles. The van der Waals surface area contributed by atoms with E-state index in [0.29, 0.717) is 5.29 Å². The predicted octanol–water partition coefficient (Wildman–Crippen LogP) is 2.50. The molecule has 1 aromatic heterocycles. The van der Waals surface area contributed by atoms with Crippen molar-refractivity contribution in [3.8, 4) is 0 Å². The van der Waals surface area contributed by atoms with Crippen LogP contribution in [0.2, 0.25) is 0 Å². The van der Waals surface area contributed by atoms with Crippen molar-refractivity contribution in [2.45, 2.75) is 6.04 Å². The smallest absolute Gasteiger partial charge is 0.196 e. The summed E-state index contributed by atoms with van der Waals surface area (Å²) in [6, 6.07) is 4.28. The third-order valence-electron chi connectivity index (χ3n) is 1.59. The Morgan fingerprint density at radius 2 is 2.50 bits per heavy atom. The van der Waals surface area contributed by atoms with Gasteiger partial charge in [-0.25, -0.2) is 4.99 Å². The highest BCUT2D eigenvalue weighted by Gasteiger charge is 2.11. The summed E-state index contributed by atoms with van der Waals surface area (Å²) in [6.07, 6.45) is 3.71. The maximum atomic E-state index is 5.72. The molecule has 0 spiro atoms. The summed E-state index contributed by atoms with van der Waals surface area (Å²) >= 11 is 7.42. The van der Waals surface area contributed by atoms with Crippen molar-refractivity contribution in [2.24, 2.45) is 4.99 Å². The normalized spacial score (nSPS) is 21.8. The van der Waals surface area contributed by atoms with Crippen LogP contribution in [0.5, 0.6) is 0 Å². The Hall–Kier alpha value is -0.800. The molecule has 0 aromatic carbocycles. The van der Waals surface area contributed by atoms with Gasteiger partial charge in [-0.1, -0.05) is 6.07 Å². The zero-order valence-electron chi connectivity index (χ0n) is 6.20. The van der Waals surface area contributed by atoms with Crippen LogP contribution in [0.25, 0.3) is 0 Å². The summed E-state index contributed by atoms with van der Waals surface area (Å²) in [5.74, 6) is 0. The molecular weight excluding hydrogens is 192 g/mol. The molecule has 2 rings (SSSR count). The summed E-state index contributed by atoms with van der Waals surface area (Å²) < 4.78 is 0. The molecule has 1 atom stereocenters. The van der Waals surface area contributed by atoms with Crippen LogP contribution in [-0.4, -0.2) is 5.29 Å². The molecule has 12 heavy (non-hydrogen) atoms. The lowest BCUT2D eigenvalue weighted by Gasteiger charge is -2.15. The molecule has 1 unspecified atom stereocenters. The minimum absolute atomic E-state index is 0.190. The van der Waals surface area contributed by atoms with Gasteiger partial charge in [-0.2, -0.15) is 0 Å². The lowest BCUT2D eigenvalue weighted by molar-refractivity contribution is 0.801. The molecule has 2 heterocycles. The number of nitrogens with one attached hydrogen (secondary N) is 1. The molecule has 1 aliphatic heterocycles. The maximum absolute atomic E-state index is 5.72. The summed E-state index contributed by atoms with van der Waals surface area (Å²) in [5.41, 5.74) is 0. The van der Waals surface area contributed by atoms with Gasteiger partial charge in [0.15, 0.2) is 5.29 Å². The van der Waals surface area contributed by atoms with Crippen molar-refractivity contribution >= 4 is 28.2 Å². The molecule has 1 aromatic rings. The zero-order chi connectivity index (χ0) is 8.39. The number of aliphatic imine (C=N–C) groups is 1. The van der Waals surface area contributed by atoms with E-state index in [1.807, 2.05) is 17.5 Å². The Morgan fingerprint density at radius 3 is 3.17 bits per heavy atom. The van der Waals surface area contributed by atoms with Gasteiger partial charge in [0.2, 0.25) is 0 Å². The van der Waals surface area contributed by atoms with E-state index < -0.39 is 0 Å². The van der Waals surface area contributed by atoms with Crippen LogP contribution in [0, 0.1) is 0 Å². The van der Waals surface area contributed by atoms with Crippen LogP contribution in [0.3, 0.4) is 0 Å². The molecule has 0 saturated carbocycles. The minimum atomic E-state index is 0.190. The van der Waals surface area contributed by atoms with E-state index in [1.165, 1.54) is 4.88 Å². The van der Waals surface area contributed by atoms with Crippen LogP contribution in [0.1, 0.15) is 10.9 Å². The molecule has 0 bridgehead atoms. The standard InChI is InChI=1S/C8H7ClN2S/c9-8-10-4-3-6(11-8)7-2-1-5-12-7/h1-6H,(H,10,11). The van der Waals surface area contributed by atoms with Gasteiger partial charge in [0.1, 0.15) is 0 Å². The first-order valence-electron chi connectivity index (χ1n) is 3.56. The minimum Gasteiger partial charge on any atom is -0.349 e. The molecule has 0 amide bonds. The second-order valence-electron chi connectivity index (χ2n) is 2.40. The molecule has 0 fully saturated rings. The van der Waals surface area contributed by atoms with Crippen molar-refractivity contribution < 1.29 is 0 Å². The Bertz CT molecular complexity index is 316. The Kier molecular flexibility index (Phi) is 2.15. The predicted molar refractivity (Wildman–Crippen MR) is 52.6 cm³/mol. The van der Waals surface area contributed by atoms with Gasteiger partial charge in [0.05, 0.1) is 6.04 Å². The molecule has 62 valence electrons. The van der Waals surface area contributed by atoms with Gasteiger partial charge in [-0.15, -0.1) is 11.3 Å². The van der Waals surface area contributed by atoms with Crippen LogP contribution in [0.4, 0.5) is 0 Å². The van der Waals surface area contributed by atoms with Crippen molar-refractivity contribution in [1.82, 2.24) is 5.32 Å². The highest BCUT2D eigenvalue weighted by Crippen LogP contribution is 2.21. The first-order valence-corrected chi connectivity index (χ1v) is 4.82. The van der Waals surface area contributed by atoms with Crippen LogP contribution < -0.4 is 5.32 Å². The number of hydrogen-bond acceptors (Lipinski definition) is 3. The van der Waals surface area contributed by atoms with Gasteiger partial charge in [-0.3, -0.25) is 0 Å². The molecule has 1 N–H and O–H groups in total. The third-order valence-corrected chi connectivity index (χ3v) is 2.75. The summed E-state index contributed by atoms with van der Waals surface area (Å²) in [7, 11) is 0. The van der Waals surface area contributed by atoms with Gasteiger partial charge < -0.3 is 5.32 Å². The van der Waals surface area contributed by atoms with Gasteiger partial charge >= 0.3 is 0 Å². The third kappa shape index (κ3) is 1.52. The number of thiophene rings is 1. The molecule has 2 nitrogen and oxygen atoms in total. The first-order chi connectivity index (χ1) is 5.86. The van der Waals surface area contributed by atoms with Crippen molar-refractivity contribution in [2.75, 3.05) is 0 Å². The van der Waals surface area contributed by atoms with Crippen molar-refractivity contribution in [3.63, 3.8) is 0 Å². The lowest BCUT2D eigenvalue weighted by atomic mass is 10.2. The SMILES string of the molecule is ClC1=NC=CC(c2cccs2)N1. The highest BCUT2D eigenvalue weighted by atomic mass is 35.5. The molecule has 1 aliphatic rings. The van der Waals surface area contributed by atoms with Gasteiger partial charge in [0, 0.05) is 11.1 Å². The molecule has 0 aliphatic carbocycles. The topological polar surface area (TPSA) is 24.4 Å². The largest absolute Gasteiger partial charge is 0.349 e. The van der Waals surface area contributed by atoms with Gasteiger partial charge in [0.25, 0.3) is 0 Å². The van der Waals surface area contributed by atoms with Crippen LogP contribution >= 0.6 is 22.9 Å². The van der Waals surface area contributed by atoms with E-state index in [-0.39, 0.29) is 6.04 Å². The fraction of sp³-hybridized carbons (Fsp3) is 0.125. The van der Waals surface area contributed by atoms with E-state index in [0.717, 1.165) is 0 Å². The molecule has 0 radical (unpaired) electrons. The highest BCUT2D eigenvalue weighted by molar-refractivity contribution is 7.10. The number of rotatable bonds is 1. The van der Waals surface area contributed by atoms with E-state index in [2.05, 4.69) is 16.4 Å². The Labute approximate surface area is 79.6 Å². The number of hydrogen-bond donors (Lipinski definition) is 1. The van der Waals surface area contributed by atoms with Gasteiger partial charge in [-0.05, 0) is 29.1 Å². The average Bonchev–Trinajstić information content (AvgIpc) is 2.56. The van der Waals surface area contributed by atoms with E-state index >= 15 is 0 Å². The Morgan fingerprint density at radius 1 is 1.58 bits per heavy atom. The monoisotopic (exact) mass is 198 g/mol. The van der Waals surface area contributed by atoms with E-state index in [4.69, 9.17) is 11.6 Å². The summed E-state index contributed by atoms with van der Waals surface area (Å²) in [4.78, 5) is 5.13. The van der Waals surface area contributed by atoms with Crippen molar-refractivity contribution in [1.29, 1.82) is 0 Å². The second-order valence-corrected chi connectivity index (χ2v) is 3.74. The summed E-state index contributed by atoms with van der Waals surface area (Å²) in [5, 5.41) is 5.56. The van der Waals surface area contributed by atoms with Crippen LogP contribution in [0.15, 0.2) is 34.8 Å². The van der Waals surface area contributed by atoms with E-state index in [9.17, 15) is 0 Å². The average molecular weight is 199 g/mol. The second kappa shape index (κ2) is 3.29. The van der Waals surface area contributed by atoms with Crippen LogP contribution in [-0.2, 0) is 0 Å². The number of amidine groups is 1. The maximum Gasteiger partial charge on any atom is 0.196 e. The van der Waals surface area contributed by atoms with Crippen molar-refractivity contribution in [3.05, 3.63) is 34.7 Å². The zero-order valence-corrected chi connectivity index (χ0v) is 7.77. The lowest BCUT2D eigenvalue weighted by Crippen LogP contribution is -2.24. The molecule has 4 heteroatoms. The summed E-state index contributed by atoms with van der Waals surface area (Å²) in [6.45, 7) is 0. The quantitative estimate of drug-likeness (QED) is 0.689. The number of nitrogens with zero attached hydrogens (tertiary/aromatic N) is 1. The fourth-order valence-electron chi connectivity index (χ4n) is 1.04. The number of halogens is 1. The Balaban J connectivity index is 2.19. The van der Waals surface area contributed by atoms with E-state index in [1.54, 1.807) is 17.5 Å². The fourth-order valence-corrected chi connectivity index (χ4v) is 1.97. The molecular formula is C8H7ClN2S.